The van der Waals surface area contributed by atoms with Gasteiger partial charge in [-0.3, -0.25) is 9.36 Å². The highest BCUT2D eigenvalue weighted by Gasteiger charge is 2.23. The Morgan fingerprint density at radius 1 is 0.472 bits per heavy atom. The van der Waals surface area contributed by atoms with Gasteiger partial charge in [-0.2, -0.15) is 0 Å². The highest BCUT2D eigenvalue weighted by atomic mass is 31.2. The molecule has 0 saturated heterocycles. The lowest BCUT2D eigenvalue weighted by Crippen LogP contribution is -2.45. The second-order valence-electron chi connectivity index (χ2n) is 23.5. The summed E-state index contributed by atoms with van der Waals surface area (Å²) in [5, 5.41) is 13.8. The molecule has 0 aliphatic heterocycles. The molecule has 0 heterocycles. The molecule has 430 valence electrons. The highest BCUT2D eigenvalue weighted by Crippen LogP contribution is 2.38. The van der Waals surface area contributed by atoms with Gasteiger partial charge in [0.05, 0.1) is 39.9 Å². The molecule has 3 atom stereocenters. The Morgan fingerprint density at radius 3 is 1.04 bits per heavy atom. The number of allylic oxidation sites excluding steroid dienone is 1. The van der Waals surface area contributed by atoms with Gasteiger partial charge < -0.3 is 28.8 Å². The maximum absolute atomic E-state index is 12.9. The van der Waals surface area contributed by atoms with Gasteiger partial charge in [-0.25, -0.2) is 0 Å². The van der Waals surface area contributed by atoms with Crippen molar-refractivity contribution in [2.75, 3.05) is 40.9 Å². The monoisotopic (exact) mass is 1040 g/mol. The van der Waals surface area contributed by atoms with Crippen molar-refractivity contribution in [3.05, 3.63) is 12.2 Å². The Morgan fingerprint density at radius 2 is 0.750 bits per heavy atom. The van der Waals surface area contributed by atoms with E-state index in [1.165, 1.54) is 276 Å². The average Bonchev–Trinajstić information content (AvgIpc) is 3.34. The summed E-state index contributed by atoms with van der Waals surface area (Å²) in [6.45, 7) is 4.67. The smallest absolute Gasteiger partial charge is 0.268 e. The first kappa shape index (κ1) is 71.2. The number of hydrogen-bond donors (Lipinski definition) is 2. The molecule has 0 aromatic rings. The molecule has 0 spiro atoms. The van der Waals surface area contributed by atoms with Gasteiger partial charge in [0, 0.05) is 6.42 Å². The van der Waals surface area contributed by atoms with E-state index in [2.05, 4.69) is 19.2 Å². The number of likely N-dealkylation sites (N-methyl/N-ethyl adjacent to an activating group) is 1. The molecule has 0 radical (unpaired) electrons. The molecule has 9 heteroatoms. The molecule has 72 heavy (non-hydrogen) atoms. The Bertz CT molecular complexity index is 1180. The molecule has 0 bridgehead atoms. The second kappa shape index (κ2) is 55.0. The number of quaternary nitrogens is 1. The van der Waals surface area contributed by atoms with Crippen LogP contribution in [0.2, 0.25) is 0 Å². The fourth-order valence-corrected chi connectivity index (χ4v) is 10.7. The summed E-state index contributed by atoms with van der Waals surface area (Å²) in [5.74, 6) is -0.192. The lowest BCUT2D eigenvalue weighted by atomic mass is 10.0. The van der Waals surface area contributed by atoms with E-state index in [1.54, 1.807) is 6.08 Å². The Kier molecular flexibility index (Phi) is 54.4. The number of unbranched alkanes of at least 4 members (excludes halogenated alkanes) is 47. The van der Waals surface area contributed by atoms with Crippen molar-refractivity contribution in [2.24, 2.45) is 0 Å². The molecule has 0 aliphatic carbocycles. The number of carbonyl (C=O) groups excluding carboxylic acids is 1. The van der Waals surface area contributed by atoms with Crippen LogP contribution < -0.4 is 10.2 Å². The molecule has 0 aliphatic rings. The zero-order chi connectivity index (χ0) is 52.7. The minimum Gasteiger partial charge on any atom is -0.756 e. The molecular weight excluding hydrogens is 912 g/mol. The number of hydrogen-bond acceptors (Lipinski definition) is 6. The summed E-state index contributed by atoms with van der Waals surface area (Å²) in [6, 6.07) is -0.880. The fraction of sp³-hybridized carbons (Fsp3) is 0.952. The summed E-state index contributed by atoms with van der Waals surface area (Å²) in [5.41, 5.74) is 0. The third kappa shape index (κ3) is 57.0. The lowest BCUT2D eigenvalue weighted by Gasteiger charge is -2.29. The number of phosphoric ester groups is 1. The van der Waals surface area contributed by atoms with E-state index in [9.17, 15) is 19.4 Å². The Labute approximate surface area is 450 Å². The van der Waals surface area contributed by atoms with Gasteiger partial charge in [-0.1, -0.05) is 321 Å². The van der Waals surface area contributed by atoms with Crippen molar-refractivity contribution < 1.29 is 32.9 Å². The molecule has 3 unspecified atom stereocenters. The predicted molar refractivity (Wildman–Crippen MR) is 312 cm³/mol. The van der Waals surface area contributed by atoms with E-state index >= 15 is 0 Å². The number of nitrogens with zero attached hydrogens (tertiary/aromatic N) is 1. The van der Waals surface area contributed by atoms with Gasteiger partial charge in [0.15, 0.2) is 0 Å². The second-order valence-corrected chi connectivity index (χ2v) is 24.9. The molecular formula is C63H127N2O6P. The van der Waals surface area contributed by atoms with Crippen LogP contribution in [-0.2, 0) is 18.4 Å². The van der Waals surface area contributed by atoms with Crippen molar-refractivity contribution in [1.29, 1.82) is 0 Å². The number of aliphatic hydroxyl groups excluding tert-OH is 1. The predicted octanol–water partition coefficient (Wildman–Crippen LogP) is 19.1. The SMILES string of the molecule is CCCCCCCCCC/C=C/C(O)C(COP(=O)([O-])OCC[N+](C)(C)C)NC(=O)CCCCCCCCCCCCCCCCCCCCCCCCCCCCCCCCCCCCCCCCCC. The number of amides is 1. The Balaban J connectivity index is 3.74. The topological polar surface area (TPSA) is 108 Å². The van der Waals surface area contributed by atoms with E-state index in [0.29, 0.717) is 17.4 Å². The first-order valence-corrected chi connectivity index (χ1v) is 33.5. The van der Waals surface area contributed by atoms with Gasteiger partial charge >= 0.3 is 0 Å². The summed E-state index contributed by atoms with van der Waals surface area (Å²) in [4.78, 5) is 25.4. The first-order valence-electron chi connectivity index (χ1n) is 32.1. The van der Waals surface area contributed by atoms with Crippen molar-refractivity contribution >= 4 is 13.7 Å². The van der Waals surface area contributed by atoms with Gasteiger partial charge in [0.1, 0.15) is 13.2 Å². The van der Waals surface area contributed by atoms with Crippen LogP contribution in [-0.4, -0.2) is 68.5 Å². The molecule has 0 fully saturated rings. The van der Waals surface area contributed by atoms with Crippen LogP contribution in [0.3, 0.4) is 0 Å². The molecule has 2 N–H and O–H groups in total. The summed E-state index contributed by atoms with van der Waals surface area (Å²) in [7, 11) is 1.28. The highest BCUT2D eigenvalue weighted by molar-refractivity contribution is 7.45. The van der Waals surface area contributed by atoms with Crippen LogP contribution >= 0.6 is 7.82 Å². The molecule has 8 nitrogen and oxygen atoms in total. The lowest BCUT2D eigenvalue weighted by molar-refractivity contribution is -0.870. The van der Waals surface area contributed by atoms with E-state index in [-0.39, 0.29) is 19.1 Å². The molecule has 0 aromatic heterocycles. The summed E-state index contributed by atoms with van der Waals surface area (Å²) >= 11 is 0. The number of aliphatic hydroxyl groups is 1. The van der Waals surface area contributed by atoms with Crippen LogP contribution in [0.15, 0.2) is 12.2 Å². The van der Waals surface area contributed by atoms with Crippen LogP contribution in [0.5, 0.6) is 0 Å². The zero-order valence-electron chi connectivity index (χ0n) is 49.2. The van der Waals surface area contributed by atoms with Crippen molar-refractivity contribution in [1.82, 2.24) is 5.32 Å². The van der Waals surface area contributed by atoms with Crippen LogP contribution in [0.1, 0.15) is 335 Å². The average molecular weight is 1040 g/mol. The van der Waals surface area contributed by atoms with Crippen molar-refractivity contribution in [2.45, 2.75) is 347 Å². The third-order valence-electron chi connectivity index (χ3n) is 15.0. The van der Waals surface area contributed by atoms with Gasteiger partial charge in [0.25, 0.3) is 7.82 Å². The molecule has 1 amide bonds. The van der Waals surface area contributed by atoms with Gasteiger partial charge in [0.2, 0.25) is 5.91 Å². The summed E-state index contributed by atoms with van der Waals surface area (Å²) < 4.78 is 23.3. The summed E-state index contributed by atoms with van der Waals surface area (Å²) in [6.07, 6.45) is 69.3. The first-order chi connectivity index (χ1) is 35.0. The van der Waals surface area contributed by atoms with E-state index in [1.807, 2.05) is 27.2 Å². The number of phosphoric acid groups is 1. The number of nitrogens with one attached hydrogen (secondary N) is 1. The van der Waals surface area contributed by atoms with Gasteiger partial charge in [-0.05, 0) is 19.3 Å². The number of carbonyl (C=O) groups is 1. The van der Waals surface area contributed by atoms with Gasteiger partial charge in [-0.15, -0.1) is 0 Å². The largest absolute Gasteiger partial charge is 0.756 e. The van der Waals surface area contributed by atoms with Crippen LogP contribution in [0.25, 0.3) is 0 Å². The van der Waals surface area contributed by atoms with E-state index in [4.69, 9.17) is 9.05 Å². The molecule has 0 saturated carbocycles. The Hall–Kier alpha value is -0.760. The quantitative estimate of drug-likeness (QED) is 0.0272. The maximum Gasteiger partial charge on any atom is 0.268 e. The van der Waals surface area contributed by atoms with Crippen LogP contribution in [0.4, 0.5) is 0 Å². The van der Waals surface area contributed by atoms with Crippen LogP contribution in [0, 0.1) is 0 Å². The van der Waals surface area contributed by atoms with Crippen molar-refractivity contribution in [3.63, 3.8) is 0 Å². The van der Waals surface area contributed by atoms with E-state index < -0.39 is 20.0 Å². The van der Waals surface area contributed by atoms with Crippen molar-refractivity contribution in [3.8, 4) is 0 Å². The minimum absolute atomic E-state index is 0.00215. The minimum atomic E-state index is -4.59. The standard InChI is InChI=1S/C63H127N2O6P/c1-6-8-10-12-14-16-18-19-20-21-22-23-24-25-26-27-28-29-30-31-32-33-34-35-36-37-38-39-40-41-42-43-44-45-46-47-49-51-53-55-57-63(67)64-61(60-71-72(68,69)70-59-58-65(3,4)5)62(66)56-54-52-50-48-17-15-13-11-9-7-2/h54,56,61-62,66H,6-53,55,57-60H2,1-5H3,(H-,64,67,68,69)/b56-54+. The zero-order valence-corrected chi connectivity index (χ0v) is 50.1. The number of rotatable bonds is 60. The molecule has 0 aromatic carbocycles. The maximum atomic E-state index is 12.9. The third-order valence-corrected chi connectivity index (χ3v) is 16.0. The fourth-order valence-electron chi connectivity index (χ4n) is 9.98. The normalized spacial score (nSPS) is 13.8. The molecule has 0 rings (SSSR count). The van der Waals surface area contributed by atoms with E-state index in [0.717, 1.165) is 38.5 Å².